The maximum atomic E-state index is 10.8. The third-order valence-corrected chi connectivity index (χ3v) is 2.31. The normalized spacial score (nSPS) is 10.6. The Bertz CT molecular complexity index is 513. The number of aromatic amines is 1. The minimum absolute atomic E-state index is 0.0288. The molecule has 4 nitrogen and oxygen atoms in total. The molecular weight excluding hydrogens is 182 g/mol. The van der Waals surface area contributed by atoms with E-state index in [1.54, 1.807) is 19.2 Å². The van der Waals surface area contributed by atoms with Crippen LogP contribution in [0.25, 0.3) is 10.9 Å². The van der Waals surface area contributed by atoms with Gasteiger partial charge in [-0.15, -0.1) is 0 Å². The van der Waals surface area contributed by atoms with Crippen LogP contribution in [0.3, 0.4) is 0 Å². The summed E-state index contributed by atoms with van der Waals surface area (Å²) >= 11 is 0. The molecule has 0 atom stereocenters. The monoisotopic (exact) mass is 191 g/mol. The fourth-order valence-corrected chi connectivity index (χ4v) is 1.51. The number of phenolic OH excluding ortho intramolecular Hbond substituents is 1. The first-order valence-electron chi connectivity index (χ1n) is 4.14. The van der Waals surface area contributed by atoms with E-state index < -0.39 is 5.97 Å². The Hall–Kier alpha value is -1.97. The second-order valence-electron chi connectivity index (χ2n) is 3.14. The fourth-order valence-electron chi connectivity index (χ4n) is 1.51. The third kappa shape index (κ3) is 1.04. The molecule has 0 unspecified atom stereocenters. The standard InChI is InChI=1S/C10H9NO3/c1-5-7(10(13)14)4-8-6(9(5)12)2-3-11-8/h2-4,11-12H,1H3,(H,13,14). The number of fused-ring (bicyclic) bond motifs is 1. The van der Waals surface area contributed by atoms with Crippen LogP contribution in [-0.4, -0.2) is 21.2 Å². The summed E-state index contributed by atoms with van der Waals surface area (Å²) in [5.74, 6) is -1.00. The van der Waals surface area contributed by atoms with Gasteiger partial charge in [0.2, 0.25) is 0 Å². The van der Waals surface area contributed by atoms with Gasteiger partial charge >= 0.3 is 5.97 Å². The number of carboxylic acid groups (broad SMARTS) is 1. The molecule has 0 radical (unpaired) electrons. The van der Waals surface area contributed by atoms with Crippen LogP contribution >= 0.6 is 0 Å². The van der Waals surface area contributed by atoms with Crippen molar-refractivity contribution in [2.75, 3.05) is 0 Å². The molecular formula is C10H9NO3. The van der Waals surface area contributed by atoms with Crippen LogP contribution in [0.1, 0.15) is 15.9 Å². The SMILES string of the molecule is Cc1c(C(=O)O)cc2[nH]ccc2c1O. The van der Waals surface area contributed by atoms with E-state index in [9.17, 15) is 9.90 Å². The maximum absolute atomic E-state index is 10.8. The van der Waals surface area contributed by atoms with E-state index in [2.05, 4.69) is 4.98 Å². The van der Waals surface area contributed by atoms with Gasteiger partial charge in [0.1, 0.15) is 5.75 Å². The summed E-state index contributed by atoms with van der Waals surface area (Å²) in [6.07, 6.45) is 1.66. The molecule has 14 heavy (non-hydrogen) atoms. The van der Waals surface area contributed by atoms with Crippen molar-refractivity contribution in [3.63, 3.8) is 0 Å². The molecule has 3 N–H and O–H groups in total. The molecule has 2 rings (SSSR count). The van der Waals surface area contributed by atoms with Crippen molar-refractivity contribution in [3.8, 4) is 5.75 Å². The molecule has 0 bridgehead atoms. The third-order valence-electron chi connectivity index (χ3n) is 2.31. The van der Waals surface area contributed by atoms with Gasteiger partial charge in [-0.3, -0.25) is 0 Å². The van der Waals surface area contributed by atoms with Crippen LogP contribution in [-0.2, 0) is 0 Å². The van der Waals surface area contributed by atoms with Gasteiger partial charge in [0.05, 0.1) is 5.56 Å². The van der Waals surface area contributed by atoms with Crippen LogP contribution in [0.4, 0.5) is 0 Å². The highest BCUT2D eigenvalue weighted by Gasteiger charge is 2.14. The second kappa shape index (κ2) is 2.77. The first-order chi connectivity index (χ1) is 6.61. The van der Waals surface area contributed by atoms with E-state index in [1.165, 1.54) is 6.07 Å². The highest BCUT2D eigenvalue weighted by molar-refractivity contribution is 5.98. The smallest absolute Gasteiger partial charge is 0.336 e. The van der Waals surface area contributed by atoms with Crippen LogP contribution in [0.2, 0.25) is 0 Å². The Morgan fingerprint density at radius 1 is 1.50 bits per heavy atom. The Morgan fingerprint density at radius 2 is 2.21 bits per heavy atom. The molecule has 2 aromatic rings. The van der Waals surface area contributed by atoms with E-state index >= 15 is 0 Å². The van der Waals surface area contributed by atoms with Gasteiger partial charge in [-0.1, -0.05) is 0 Å². The zero-order valence-corrected chi connectivity index (χ0v) is 7.53. The number of carboxylic acids is 1. The number of aromatic nitrogens is 1. The summed E-state index contributed by atoms with van der Waals surface area (Å²) in [5, 5.41) is 19.2. The quantitative estimate of drug-likeness (QED) is 0.644. The molecule has 0 saturated heterocycles. The van der Waals surface area contributed by atoms with Gasteiger partial charge in [0.15, 0.2) is 0 Å². The molecule has 1 heterocycles. The van der Waals surface area contributed by atoms with Crippen molar-refractivity contribution in [1.29, 1.82) is 0 Å². The average Bonchev–Trinajstić information content (AvgIpc) is 2.58. The summed E-state index contributed by atoms with van der Waals surface area (Å²) in [7, 11) is 0. The molecule has 0 aliphatic rings. The molecule has 0 fully saturated rings. The van der Waals surface area contributed by atoms with E-state index in [0.717, 1.165) is 0 Å². The van der Waals surface area contributed by atoms with Gasteiger partial charge in [-0.2, -0.15) is 0 Å². The number of H-pyrrole nitrogens is 1. The summed E-state index contributed by atoms with van der Waals surface area (Å²) in [6.45, 7) is 1.59. The fraction of sp³-hybridized carbons (Fsp3) is 0.100. The minimum Gasteiger partial charge on any atom is -0.507 e. The van der Waals surface area contributed by atoms with Gasteiger partial charge < -0.3 is 15.2 Å². The Balaban J connectivity index is 2.87. The number of phenols is 1. The minimum atomic E-state index is -1.03. The molecule has 1 aromatic carbocycles. The Kier molecular flexibility index (Phi) is 1.70. The van der Waals surface area contributed by atoms with Crippen LogP contribution < -0.4 is 0 Å². The molecule has 72 valence electrons. The van der Waals surface area contributed by atoms with Crippen LogP contribution in [0.15, 0.2) is 18.3 Å². The molecule has 0 aliphatic carbocycles. The van der Waals surface area contributed by atoms with Crippen molar-refractivity contribution in [1.82, 2.24) is 4.98 Å². The predicted molar refractivity (Wildman–Crippen MR) is 51.7 cm³/mol. The second-order valence-corrected chi connectivity index (χ2v) is 3.14. The van der Waals surface area contributed by atoms with E-state index in [1.807, 2.05) is 0 Å². The van der Waals surface area contributed by atoms with Crippen molar-refractivity contribution < 1.29 is 15.0 Å². The first-order valence-corrected chi connectivity index (χ1v) is 4.14. The number of rotatable bonds is 1. The number of aromatic carboxylic acids is 1. The van der Waals surface area contributed by atoms with Crippen molar-refractivity contribution in [3.05, 3.63) is 29.5 Å². The van der Waals surface area contributed by atoms with E-state index in [0.29, 0.717) is 16.5 Å². The number of carbonyl (C=O) groups is 1. The highest BCUT2D eigenvalue weighted by Crippen LogP contribution is 2.30. The topological polar surface area (TPSA) is 73.3 Å². The number of hydrogen-bond donors (Lipinski definition) is 3. The summed E-state index contributed by atoms with van der Waals surface area (Å²) < 4.78 is 0. The lowest BCUT2D eigenvalue weighted by molar-refractivity contribution is 0.0696. The molecule has 0 amide bonds. The van der Waals surface area contributed by atoms with Crippen molar-refractivity contribution >= 4 is 16.9 Å². The van der Waals surface area contributed by atoms with Gasteiger partial charge in [0, 0.05) is 22.7 Å². The first kappa shape index (κ1) is 8.62. The number of hydrogen-bond acceptors (Lipinski definition) is 2. The lowest BCUT2D eigenvalue weighted by atomic mass is 10.0. The Morgan fingerprint density at radius 3 is 2.86 bits per heavy atom. The van der Waals surface area contributed by atoms with Gasteiger partial charge in [-0.05, 0) is 19.1 Å². The molecule has 0 aliphatic heterocycles. The Labute approximate surface area is 79.8 Å². The zero-order chi connectivity index (χ0) is 10.3. The lowest BCUT2D eigenvalue weighted by Gasteiger charge is -2.04. The number of nitrogens with one attached hydrogen (secondary N) is 1. The van der Waals surface area contributed by atoms with E-state index in [4.69, 9.17) is 5.11 Å². The van der Waals surface area contributed by atoms with E-state index in [-0.39, 0.29) is 11.3 Å². The van der Waals surface area contributed by atoms with Gasteiger partial charge in [-0.25, -0.2) is 4.79 Å². The highest BCUT2D eigenvalue weighted by atomic mass is 16.4. The molecule has 4 heteroatoms. The lowest BCUT2D eigenvalue weighted by Crippen LogP contribution is -1.99. The predicted octanol–water partition coefficient (Wildman–Crippen LogP) is 1.88. The van der Waals surface area contributed by atoms with Crippen LogP contribution in [0.5, 0.6) is 5.75 Å². The summed E-state index contributed by atoms with van der Waals surface area (Å²) in [5.41, 5.74) is 1.15. The largest absolute Gasteiger partial charge is 0.507 e. The molecule has 0 saturated carbocycles. The van der Waals surface area contributed by atoms with Crippen LogP contribution in [0, 0.1) is 6.92 Å². The van der Waals surface area contributed by atoms with Crippen molar-refractivity contribution in [2.24, 2.45) is 0 Å². The zero-order valence-electron chi connectivity index (χ0n) is 7.53. The maximum Gasteiger partial charge on any atom is 0.336 e. The summed E-state index contributed by atoms with van der Waals surface area (Å²) in [6, 6.07) is 3.23. The number of aromatic hydroxyl groups is 1. The summed E-state index contributed by atoms with van der Waals surface area (Å²) in [4.78, 5) is 13.7. The molecule has 1 aromatic heterocycles. The van der Waals surface area contributed by atoms with Crippen molar-refractivity contribution in [2.45, 2.75) is 6.92 Å². The number of benzene rings is 1. The molecule has 0 spiro atoms. The van der Waals surface area contributed by atoms with Gasteiger partial charge in [0.25, 0.3) is 0 Å². The average molecular weight is 191 g/mol.